The summed E-state index contributed by atoms with van der Waals surface area (Å²) in [5.41, 5.74) is 1.69. The summed E-state index contributed by atoms with van der Waals surface area (Å²) >= 11 is 0. The fraction of sp³-hybridized carbons (Fsp3) is 0.450. The largest absolute Gasteiger partial charge is 0.490 e. The van der Waals surface area contributed by atoms with Gasteiger partial charge in [0.2, 0.25) is 10.0 Å². The van der Waals surface area contributed by atoms with Crippen molar-refractivity contribution >= 4 is 20.9 Å². The molecule has 0 unspecified atom stereocenters. The van der Waals surface area contributed by atoms with Crippen LogP contribution in [0.25, 0.3) is 10.9 Å². The molecule has 1 N–H and O–H groups in total. The van der Waals surface area contributed by atoms with Crippen molar-refractivity contribution in [3.8, 4) is 5.75 Å². The number of rotatable bonds is 6. The first-order chi connectivity index (χ1) is 14.3. The van der Waals surface area contributed by atoms with Crippen LogP contribution in [0.15, 0.2) is 35.4 Å². The van der Waals surface area contributed by atoms with E-state index < -0.39 is 16.4 Å². The summed E-state index contributed by atoms with van der Waals surface area (Å²) in [4.78, 5) is 0.243. The summed E-state index contributed by atoms with van der Waals surface area (Å²) in [6.07, 6.45) is 0.145. The molecule has 1 aliphatic heterocycles. The van der Waals surface area contributed by atoms with Crippen LogP contribution in [0.3, 0.4) is 0 Å². The van der Waals surface area contributed by atoms with Crippen LogP contribution in [0.4, 0.5) is 8.78 Å². The van der Waals surface area contributed by atoms with Crippen LogP contribution < -0.4 is 4.74 Å². The normalized spacial score (nSPS) is 16.6. The van der Waals surface area contributed by atoms with Crippen LogP contribution in [0.2, 0.25) is 0 Å². The number of nitrogens with zero attached hydrogens (tertiary/aromatic N) is 3. The molecule has 0 atom stereocenters. The number of fused-ring (bicyclic) bond motifs is 1. The number of alkyl halides is 2. The van der Waals surface area contributed by atoms with Gasteiger partial charge in [0.15, 0.2) is 0 Å². The van der Waals surface area contributed by atoms with Crippen molar-refractivity contribution in [3.63, 3.8) is 0 Å². The molecule has 7 nitrogen and oxygen atoms in total. The SMILES string of the molecule is Cc1n[nH]c(C)c1S(=O)(=O)N1CCC(Oc2cccc3c2ccn3CC(F)F)CC1. The first-order valence-corrected chi connectivity index (χ1v) is 11.3. The number of aromatic nitrogens is 3. The number of sulfonamides is 1. The van der Waals surface area contributed by atoms with Crippen LogP contribution >= 0.6 is 0 Å². The Kier molecular flexibility index (Phi) is 5.54. The highest BCUT2D eigenvalue weighted by atomic mass is 32.2. The molecule has 0 aliphatic carbocycles. The topological polar surface area (TPSA) is 80.2 Å². The van der Waals surface area contributed by atoms with Gasteiger partial charge in [0.25, 0.3) is 6.43 Å². The molecule has 1 fully saturated rings. The Bertz CT molecular complexity index is 1130. The fourth-order valence-electron chi connectivity index (χ4n) is 4.03. The molecule has 0 saturated carbocycles. The summed E-state index contributed by atoms with van der Waals surface area (Å²) in [7, 11) is -3.61. The number of halogens is 2. The van der Waals surface area contributed by atoms with Crippen molar-refractivity contribution in [1.29, 1.82) is 0 Å². The van der Waals surface area contributed by atoms with Crippen molar-refractivity contribution in [1.82, 2.24) is 19.1 Å². The number of aromatic amines is 1. The molecule has 0 radical (unpaired) electrons. The van der Waals surface area contributed by atoms with Gasteiger partial charge in [0.05, 0.1) is 23.4 Å². The van der Waals surface area contributed by atoms with Crippen molar-refractivity contribution < 1.29 is 21.9 Å². The summed E-state index contributed by atoms with van der Waals surface area (Å²) in [6, 6.07) is 7.16. The quantitative estimate of drug-likeness (QED) is 0.639. The minimum atomic E-state index is -3.61. The van der Waals surface area contributed by atoms with E-state index >= 15 is 0 Å². The highest BCUT2D eigenvalue weighted by Gasteiger charge is 2.33. The highest BCUT2D eigenvalue weighted by Crippen LogP contribution is 2.31. The smallest absolute Gasteiger partial charge is 0.256 e. The molecular weight excluding hydrogens is 414 g/mol. The zero-order chi connectivity index (χ0) is 21.5. The Morgan fingerprint density at radius 3 is 2.60 bits per heavy atom. The zero-order valence-electron chi connectivity index (χ0n) is 16.8. The number of hydrogen-bond acceptors (Lipinski definition) is 4. The highest BCUT2D eigenvalue weighted by molar-refractivity contribution is 7.89. The van der Waals surface area contributed by atoms with Crippen LogP contribution in [-0.4, -0.2) is 53.1 Å². The molecule has 0 spiro atoms. The first kappa shape index (κ1) is 20.8. The molecule has 1 saturated heterocycles. The second-order valence-electron chi connectivity index (χ2n) is 7.53. The van der Waals surface area contributed by atoms with Crippen molar-refractivity contribution in [2.24, 2.45) is 0 Å². The molecule has 10 heteroatoms. The first-order valence-electron chi connectivity index (χ1n) is 9.81. The summed E-state index contributed by atoms with van der Waals surface area (Å²) in [6.45, 7) is 3.70. The van der Waals surface area contributed by atoms with Crippen LogP contribution in [0.5, 0.6) is 5.75 Å². The predicted octanol–water partition coefficient (Wildman–Crippen LogP) is 3.48. The molecule has 4 rings (SSSR count). The van der Waals surface area contributed by atoms with Crippen molar-refractivity contribution in [2.45, 2.75) is 50.7 Å². The molecule has 0 amide bonds. The number of aryl methyl sites for hydroxylation is 2. The lowest BCUT2D eigenvalue weighted by molar-refractivity contribution is 0.128. The van der Waals surface area contributed by atoms with Crippen molar-refractivity contribution in [2.75, 3.05) is 13.1 Å². The zero-order valence-corrected chi connectivity index (χ0v) is 17.6. The van der Waals surface area contributed by atoms with Gasteiger partial charge in [-0.2, -0.15) is 9.40 Å². The molecule has 3 aromatic rings. The maximum atomic E-state index is 13.0. The Labute approximate surface area is 173 Å². The van der Waals surface area contributed by atoms with E-state index in [0.717, 1.165) is 5.39 Å². The van der Waals surface area contributed by atoms with Gasteiger partial charge < -0.3 is 9.30 Å². The average Bonchev–Trinajstić information content (AvgIpc) is 3.26. The number of nitrogens with one attached hydrogen (secondary N) is 1. The molecular formula is C20H24F2N4O3S. The Hall–Kier alpha value is -2.46. The molecule has 162 valence electrons. The standard InChI is InChI=1S/C20H24F2N4O3S/c1-13-20(14(2)24-23-13)30(27,28)26-10-6-15(7-11-26)29-18-5-3-4-17-16(18)8-9-25(17)12-19(21)22/h3-5,8-9,15,19H,6-7,10-12H2,1-2H3,(H,23,24). The average molecular weight is 439 g/mol. The summed E-state index contributed by atoms with van der Waals surface area (Å²) < 4.78 is 60.6. The Morgan fingerprint density at radius 1 is 1.23 bits per heavy atom. The summed E-state index contributed by atoms with van der Waals surface area (Å²) in [5, 5.41) is 7.49. The second kappa shape index (κ2) is 7.99. The Balaban J connectivity index is 1.46. The van der Waals surface area contributed by atoms with Gasteiger partial charge >= 0.3 is 0 Å². The van der Waals surface area contributed by atoms with Gasteiger partial charge in [-0.15, -0.1) is 0 Å². The molecule has 3 heterocycles. The number of hydrogen-bond donors (Lipinski definition) is 1. The number of ether oxygens (including phenoxy) is 1. The molecule has 1 aliphatic rings. The number of piperidine rings is 1. The number of benzene rings is 1. The second-order valence-corrected chi connectivity index (χ2v) is 9.41. The predicted molar refractivity (Wildman–Crippen MR) is 108 cm³/mol. The van der Waals surface area contributed by atoms with Gasteiger partial charge in [-0.3, -0.25) is 5.10 Å². The lowest BCUT2D eigenvalue weighted by atomic mass is 10.1. The van der Waals surface area contributed by atoms with Crippen molar-refractivity contribution in [3.05, 3.63) is 41.9 Å². The van der Waals surface area contributed by atoms with E-state index in [2.05, 4.69) is 10.2 Å². The van der Waals surface area contributed by atoms with E-state index in [9.17, 15) is 17.2 Å². The van der Waals surface area contributed by atoms with E-state index in [-0.39, 0.29) is 17.5 Å². The molecule has 1 aromatic carbocycles. The van der Waals surface area contributed by atoms with Crippen LogP contribution in [-0.2, 0) is 16.6 Å². The Morgan fingerprint density at radius 2 is 1.97 bits per heavy atom. The van der Waals surface area contributed by atoms with Gasteiger partial charge in [-0.05, 0) is 44.9 Å². The van der Waals surface area contributed by atoms with Gasteiger partial charge in [0, 0.05) is 24.7 Å². The third-order valence-corrected chi connectivity index (χ3v) is 7.62. The molecule has 2 aromatic heterocycles. The lowest BCUT2D eigenvalue weighted by Gasteiger charge is -2.31. The molecule has 0 bridgehead atoms. The fourth-order valence-corrected chi connectivity index (χ4v) is 5.83. The van der Waals surface area contributed by atoms with E-state index in [1.165, 1.54) is 8.87 Å². The third-order valence-electron chi connectivity index (χ3n) is 5.46. The van der Waals surface area contributed by atoms with E-state index in [1.54, 1.807) is 38.2 Å². The third kappa shape index (κ3) is 3.81. The van der Waals surface area contributed by atoms with Crippen LogP contribution in [0.1, 0.15) is 24.2 Å². The minimum Gasteiger partial charge on any atom is -0.490 e. The lowest BCUT2D eigenvalue weighted by Crippen LogP contribution is -2.42. The van der Waals surface area contributed by atoms with Gasteiger partial charge in [0.1, 0.15) is 16.7 Å². The summed E-state index contributed by atoms with van der Waals surface area (Å²) in [5.74, 6) is 0.628. The number of H-pyrrole nitrogens is 1. The maximum absolute atomic E-state index is 13.0. The molecule has 30 heavy (non-hydrogen) atoms. The van der Waals surface area contributed by atoms with Gasteiger partial charge in [-0.1, -0.05) is 6.07 Å². The minimum absolute atomic E-state index is 0.146. The van der Waals surface area contributed by atoms with E-state index in [4.69, 9.17) is 4.74 Å². The van der Waals surface area contributed by atoms with E-state index in [1.807, 2.05) is 6.07 Å². The maximum Gasteiger partial charge on any atom is 0.256 e. The van der Waals surface area contributed by atoms with Crippen LogP contribution in [0, 0.1) is 13.8 Å². The van der Waals surface area contributed by atoms with E-state index in [0.29, 0.717) is 48.6 Å². The van der Waals surface area contributed by atoms with Gasteiger partial charge in [-0.25, -0.2) is 17.2 Å². The monoisotopic (exact) mass is 438 g/mol.